The third-order valence-corrected chi connectivity index (χ3v) is 4.19. The van der Waals surface area contributed by atoms with Gasteiger partial charge in [0.05, 0.1) is 5.02 Å². The third kappa shape index (κ3) is 3.74. The number of nitrogens with zero attached hydrogens (tertiary/aromatic N) is 4. The normalized spacial score (nSPS) is 14.9. The fraction of sp³-hybridized carbons (Fsp3) is 0.312. The van der Waals surface area contributed by atoms with Crippen molar-refractivity contribution >= 4 is 34.9 Å². The van der Waals surface area contributed by atoms with Crippen LogP contribution < -0.4 is 4.90 Å². The number of rotatable bonds is 2. The quantitative estimate of drug-likeness (QED) is 0.781. The largest absolute Gasteiger partial charge is 0.353 e. The van der Waals surface area contributed by atoms with Crippen molar-refractivity contribution in [3.8, 4) is 0 Å². The van der Waals surface area contributed by atoms with Gasteiger partial charge in [0.2, 0.25) is 0 Å². The number of aryl methyl sites for hydroxylation is 1. The minimum Gasteiger partial charge on any atom is -0.353 e. The average molecular weight is 351 g/mol. The molecule has 2 aromatic rings. The Morgan fingerprint density at radius 3 is 2.48 bits per heavy atom. The molecule has 3 rings (SSSR count). The number of halogens is 2. The van der Waals surface area contributed by atoms with E-state index in [1.54, 1.807) is 18.3 Å². The number of piperazine rings is 1. The maximum atomic E-state index is 12.6. The van der Waals surface area contributed by atoms with Crippen molar-refractivity contribution in [2.24, 2.45) is 0 Å². The minimum absolute atomic E-state index is 0.0129. The summed E-state index contributed by atoms with van der Waals surface area (Å²) in [5.41, 5.74) is 1.32. The molecule has 1 fully saturated rings. The van der Waals surface area contributed by atoms with E-state index < -0.39 is 0 Å². The molecule has 0 saturated carbocycles. The highest BCUT2D eigenvalue weighted by Crippen LogP contribution is 2.18. The molecule has 7 heteroatoms. The summed E-state index contributed by atoms with van der Waals surface area (Å²) in [6.45, 7) is 4.58. The second kappa shape index (κ2) is 6.72. The lowest BCUT2D eigenvalue weighted by Crippen LogP contribution is -2.49. The van der Waals surface area contributed by atoms with Gasteiger partial charge in [-0.3, -0.25) is 4.79 Å². The smallest absolute Gasteiger partial charge is 0.254 e. The molecule has 3 heterocycles. The molecular weight excluding hydrogens is 335 g/mol. The van der Waals surface area contributed by atoms with Crippen LogP contribution in [0.1, 0.15) is 16.1 Å². The van der Waals surface area contributed by atoms with Gasteiger partial charge >= 0.3 is 0 Å². The minimum atomic E-state index is -0.0129. The van der Waals surface area contributed by atoms with E-state index in [4.69, 9.17) is 23.2 Å². The Labute approximate surface area is 144 Å². The molecule has 0 bridgehead atoms. The highest BCUT2D eigenvalue weighted by Gasteiger charge is 2.23. The molecule has 1 amide bonds. The van der Waals surface area contributed by atoms with Gasteiger partial charge in [-0.2, -0.15) is 0 Å². The van der Waals surface area contributed by atoms with Crippen LogP contribution in [0.2, 0.25) is 10.2 Å². The Balaban J connectivity index is 1.66. The topological polar surface area (TPSA) is 49.3 Å². The standard InChI is InChI=1S/C16H16Cl2N4O/c1-11-8-12(9-14(18)20-11)16(23)22-6-4-21(5-7-22)15-3-2-13(17)10-19-15/h2-3,8-10H,4-7H2,1H3. The highest BCUT2D eigenvalue weighted by atomic mass is 35.5. The van der Waals surface area contributed by atoms with E-state index in [2.05, 4.69) is 14.9 Å². The first-order valence-electron chi connectivity index (χ1n) is 7.33. The zero-order valence-electron chi connectivity index (χ0n) is 12.7. The number of pyridine rings is 2. The second-order valence-corrected chi connectivity index (χ2v) is 6.26. The number of hydrogen-bond acceptors (Lipinski definition) is 4. The van der Waals surface area contributed by atoms with Crippen molar-refractivity contribution in [1.29, 1.82) is 0 Å². The average Bonchev–Trinajstić information content (AvgIpc) is 2.54. The van der Waals surface area contributed by atoms with Gasteiger partial charge in [-0.25, -0.2) is 9.97 Å². The maximum Gasteiger partial charge on any atom is 0.254 e. The zero-order valence-corrected chi connectivity index (χ0v) is 14.2. The van der Waals surface area contributed by atoms with Gasteiger partial charge in [-0.15, -0.1) is 0 Å². The number of hydrogen-bond donors (Lipinski definition) is 0. The van der Waals surface area contributed by atoms with Gasteiger partial charge in [0.25, 0.3) is 5.91 Å². The fourth-order valence-corrected chi connectivity index (χ4v) is 2.99. The SMILES string of the molecule is Cc1cc(C(=O)N2CCN(c3ccc(Cl)cn3)CC2)cc(Cl)n1. The first kappa shape index (κ1) is 16.0. The lowest BCUT2D eigenvalue weighted by Gasteiger charge is -2.35. The highest BCUT2D eigenvalue weighted by molar-refractivity contribution is 6.30. The van der Waals surface area contributed by atoms with Crippen molar-refractivity contribution in [3.63, 3.8) is 0 Å². The van der Waals surface area contributed by atoms with Gasteiger partial charge < -0.3 is 9.80 Å². The van der Waals surface area contributed by atoms with Crippen molar-refractivity contribution in [1.82, 2.24) is 14.9 Å². The summed E-state index contributed by atoms with van der Waals surface area (Å²) in [6.07, 6.45) is 1.64. The van der Waals surface area contributed by atoms with Crippen LogP contribution in [0.25, 0.3) is 0 Å². The molecule has 0 atom stereocenters. The van der Waals surface area contributed by atoms with E-state index in [-0.39, 0.29) is 5.91 Å². The van der Waals surface area contributed by atoms with Gasteiger partial charge in [-0.05, 0) is 31.2 Å². The Kier molecular flexibility index (Phi) is 4.68. The summed E-state index contributed by atoms with van der Waals surface area (Å²) >= 11 is 11.8. The summed E-state index contributed by atoms with van der Waals surface area (Å²) in [4.78, 5) is 25.0. The third-order valence-electron chi connectivity index (χ3n) is 3.77. The van der Waals surface area contributed by atoms with Gasteiger partial charge in [0, 0.05) is 43.6 Å². The zero-order chi connectivity index (χ0) is 16.4. The molecule has 0 aromatic carbocycles. The van der Waals surface area contributed by atoms with E-state index in [9.17, 15) is 4.79 Å². The molecule has 0 aliphatic carbocycles. The molecule has 120 valence electrons. The lowest BCUT2D eigenvalue weighted by molar-refractivity contribution is 0.0746. The monoisotopic (exact) mass is 350 g/mol. The maximum absolute atomic E-state index is 12.6. The summed E-state index contributed by atoms with van der Waals surface area (Å²) in [7, 11) is 0. The van der Waals surface area contributed by atoms with Crippen molar-refractivity contribution < 1.29 is 4.79 Å². The molecule has 0 radical (unpaired) electrons. The Hall–Kier alpha value is -1.85. The summed E-state index contributed by atoms with van der Waals surface area (Å²) in [6, 6.07) is 7.10. The van der Waals surface area contributed by atoms with Crippen LogP contribution >= 0.6 is 23.2 Å². The van der Waals surface area contributed by atoms with Crippen molar-refractivity contribution in [2.45, 2.75) is 6.92 Å². The second-order valence-electron chi connectivity index (χ2n) is 5.43. The number of carbonyl (C=O) groups excluding carboxylic acids is 1. The molecule has 0 unspecified atom stereocenters. The number of carbonyl (C=O) groups is 1. The summed E-state index contributed by atoms with van der Waals surface area (Å²) in [5.74, 6) is 0.866. The predicted molar refractivity (Wildman–Crippen MR) is 91.3 cm³/mol. The molecule has 1 aliphatic rings. The van der Waals surface area contributed by atoms with Crippen molar-refractivity contribution in [2.75, 3.05) is 31.1 Å². The molecule has 0 N–H and O–H groups in total. The molecular formula is C16H16Cl2N4O. The van der Waals surface area contributed by atoms with E-state index in [0.717, 1.165) is 24.6 Å². The van der Waals surface area contributed by atoms with Crippen molar-refractivity contribution in [3.05, 3.63) is 51.9 Å². The van der Waals surface area contributed by atoms with E-state index in [1.807, 2.05) is 24.0 Å². The van der Waals surface area contributed by atoms with Crippen LogP contribution in [-0.2, 0) is 0 Å². The van der Waals surface area contributed by atoms with Crippen LogP contribution in [0.3, 0.4) is 0 Å². The molecule has 0 spiro atoms. The Morgan fingerprint density at radius 1 is 1.13 bits per heavy atom. The number of aromatic nitrogens is 2. The van der Waals surface area contributed by atoms with Crippen LogP contribution in [-0.4, -0.2) is 47.0 Å². The lowest BCUT2D eigenvalue weighted by atomic mass is 10.2. The molecule has 5 nitrogen and oxygen atoms in total. The first-order valence-corrected chi connectivity index (χ1v) is 8.08. The van der Waals surface area contributed by atoms with Crippen LogP contribution in [0.5, 0.6) is 0 Å². The van der Waals surface area contributed by atoms with E-state index in [0.29, 0.717) is 28.8 Å². The van der Waals surface area contributed by atoms with E-state index in [1.165, 1.54) is 0 Å². The number of amides is 1. The molecule has 1 aliphatic heterocycles. The van der Waals surface area contributed by atoms with Crippen LogP contribution in [0.4, 0.5) is 5.82 Å². The predicted octanol–water partition coefficient (Wildman–Crippen LogP) is 3.05. The Morgan fingerprint density at radius 2 is 1.87 bits per heavy atom. The molecule has 23 heavy (non-hydrogen) atoms. The Bertz CT molecular complexity index is 692. The number of anilines is 1. The molecule has 2 aromatic heterocycles. The van der Waals surface area contributed by atoms with Crippen LogP contribution in [0.15, 0.2) is 30.5 Å². The van der Waals surface area contributed by atoms with Gasteiger partial charge in [-0.1, -0.05) is 23.2 Å². The first-order chi connectivity index (χ1) is 11.0. The van der Waals surface area contributed by atoms with Crippen LogP contribution in [0, 0.1) is 6.92 Å². The summed E-state index contributed by atoms with van der Waals surface area (Å²) < 4.78 is 0. The fourth-order valence-electron chi connectivity index (χ4n) is 2.63. The summed E-state index contributed by atoms with van der Waals surface area (Å²) in [5, 5.41) is 0.963. The van der Waals surface area contributed by atoms with E-state index >= 15 is 0 Å². The van der Waals surface area contributed by atoms with Gasteiger partial charge in [0.15, 0.2) is 0 Å². The molecule has 1 saturated heterocycles. The van der Waals surface area contributed by atoms with Gasteiger partial charge in [0.1, 0.15) is 11.0 Å².